The Balaban J connectivity index is 0. The topological polar surface area (TPSA) is 67.3 Å². The maximum absolute atomic E-state index is 11.1. The van der Waals surface area contributed by atoms with Crippen LogP contribution in [-0.4, -0.2) is 41.2 Å². The van der Waals surface area contributed by atoms with Crippen molar-refractivity contribution in [3.05, 3.63) is 0 Å². The third-order valence-electron chi connectivity index (χ3n) is 3.43. The van der Waals surface area contributed by atoms with Crippen molar-refractivity contribution in [1.29, 1.82) is 0 Å². The van der Waals surface area contributed by atoms with Gasteiger partial charge in [-0.2, -0.15) is 0 Å². The minimum absolute atomic E-state index is 0. The predicted octanol–water partition coefficient (Wildman–Crippen LogP) is 4.31. The van der Waals surface area contributed by atoms with Crippen molar-refractivity contribution in [2.45, 2.75) is 59.3 Å². The van der Waals surface area contributed by atoms with Gasteiger partial charge in [-0.05, 0) is 19.3 Å². The van der Waals surface area contributed by atoms with Crippen LogP contribution in [-0.2, 0) is 4.79 Å². The molecule has 0 aromatic carbocycles. The number of unbranched alkanes of at least 4 members (excludes halogenated alkanes) is 3. The number of carbonyl (C=O) groups is 1. The fourth-order valence-electron chi connectivity index (χ4n) is 2.34. The fourth-order valence-corrected chi connectivity index (χ4v) is 7.02. The molecule has 2 N–H and O–H groups in total. The summed E-state index contributed by atoms with van der Waals surface area (Å²) in [6.45, 7) is 6.61. The summed E-state index contributed by atoms with van der Waals surface area (Å²) >= 11 is 0. The molecule has 0 radical (unpaired) electrons. The molecule has 0 aliphatic heterocycles. The second-order valence-corrected chi connectivity index (χ2v) is 9.47. The molecule has 0 atom stereocenters. The Morgan fingerprint density at radius 1 is 0.889 bits per heavy atom. The van der Waals surface area contributed by atoms with E-state index >= 15 is 0 Å². The lowest BCUT2D eigenvalue weighted by Gasteiger charge is -2.26. The first-order valence-corrected chi connectivity index (χ1v) is 9.70. The van der Waals surface area contributed by atoms with Crippen LogP contribution in [0.5, 0.6) is 0 Å². The highest BCUT2D eigenvalue weighted by Gasteiger charge is 2.37. The molecule has 0 spiro atoms. The van der Waals surface area contributed by atoms with Crippen molar-refractivity contribution >= 4 is 13.2 Å². The van der Waals surface area contributed by atoms with E-state index in [0.717, 1.165) is 0 Å². The molecule has 0 unspecified atom stereocenters. The number of aliphatic carboxylic acids is 1. The number of hydrogen-bond donors (Lipinski definition) is 1. The Labute approximate surface area is 113 Å². The molecule has 0 bridgehead atoms. The van der Waals surface area contributed by atoms with E-state index in [1.54, 1.807) is 0 Å². The van der Waals surface area contributed by atoms with Gasteiger partial charge in [-0.3, -0.25) is 0 Å². The molecule has 0 heterocycles. The average Bonchev–Trinajstić information content (AvgIpc) is 2.30. The van der Waals surface area contributed by atoms with Gasteiger partial charge in [0, 0.05) is 7.26 Å². The SMILES string of the molecule is CCCC[P+](CCCC)(CCCC)CC(=O)O.[OH-]. The number of rotatable bonds is 11. The standard InChI is InChI=1S/C14H29O2P.H2O/c1-4-7-10-17(11-8-5-2,12-9-6-3)13-14(15)16;/h4-13H2,1-3H3;1H2. The molecule has 0 amide bonds. The molecule has 4 heteroatoms. The summed E-state index contributed by atoms with van der Waals surface area (Å²) in [5, 5.41) is 9.17. The van der Waals surface area contributed by atoms with E-state index in [-0.39, 0.29) is 5.48 Å². The van der Waals surface area contributed by atoms with Gasteiger partial charge in [0.1, 0.15) is 0 Å². The zero-order valence-corrected chi connectivity index (χ0v) is 13.2. The van der Waals surface area contributed by atoms with Crippen molar-refractivity contribution in [3.63, 3.8) is 0 Å². The summed E-state index contributed by atoms with van der Waals surface area (Å²) in [6.07, 6.45) is 11.3. The summed E-state index contributed by atoms with van der Waals surface area (Å²) in [5.74, 6) is -0.568. The fraction of sp³-hybridized carbons (Fsp3) is 0.929. The number of carboxylic acid groups (broad SMARTS) is 1. The van der Waals surface area contributed by atoms with Gasteiger partial charge in [0.15, 0.2) is 6.16 Å². The first-order chi connectivity index (χ1) is 8.10. The lowest BCUT2D eigenvalue weighted by atomic mass is 10.4. The van der Waals surface area contributed by atoms with Crippen LogP contribution in [0.15, 0.2) is 0 Å². The number of hydrogen-bond acceptors (Lipinski definition) is 2. The van der Waals surface area contributed by atoms with Crippen molar-refractivity contribution in [2.24, 2.45) is 0 Å². The minimum Gasteiger partial charge on any atom is -0.870 e. The summed E-state index contributed by atoms with van der Waals surface area (Å²) in [6, 6.07) is 0. The largest absolute Gasteiger partial charge is 0.870 e. The summed E-state index contributed by atoms with van der Waals surface area (Å²) in [4.78, 5) is 11.1. The lowest BCUT2D eigenvalue weighted by Crippen LogP contribution is -2.18. The maximum atomic E-state index is 11.1. The molecule has 0 aliphatic carbocycles. The monoisotopic (exact) mass is 278 g/mol. The lowest BCUT2D eigenvalue weighted by molar-refractivity contribution is -0.134. The van der Waals surface area contributed by atoms with Gasteiger partial charge in [0.2, 0.25) is 0 Å². The second-order valence-electron chi connectivity index (χ2n) is 5.12. The molecule has 0 saturated heterocycles. The molecule has 0 aromatic rings. The van der Waals surface area contributed by atoms with Crippen LogP contribution >= 0.6 is 7.26 Å². The molecular formula is C14H31O3P. The molecule has 18 heavy (non-hydrogen) atoms. The van der Waals surface area contributed by atoms with Gasteiger partial charge >= 0.3 is 5.97 Å². The first-order valence-electron chi connectivity index (χ1n) is 7.17. The van der Waals surface area contributed by atoms with Gasteiger partial charge in [0.05, 0.1) is 18.5 Å². The Morgan fingerprint density at radius 2 is 1.22 bits per heavy atom. The molecule has 0 aromatic heterocycles. The van der Waals surface area contributed by atoms with Crippen LogP contribution in [0.2, 0.25) is 0 Å². The molecule has 3 nitrogen and oxygen atoms in total. The highest BCUT2D eigenvalue weighted by atomic mass is 31.2. The van der Waals surface area contributed by atoms with E-state index in [2.05, 4.69) is 20.8 Å². The van der Waals surface area contributed by atoms with E-state index in [1.165, 1.54) is 57.0 Å². The highest BCUT2D eigenvalue weighted by Crippen LogP contribution is 2.60. The van der Waals surface area contributed by atoms with Crippen LogP contribution < -0.4 is 0 Å². The van der Waals surface area contributed by atoms with Crippen molar-refractivity contribution in [1.82, 2.24) is 0 Å². The second kappa shape index (κ2) is 11.9. The van der Waals surface area contributed by atoms with Crippen LogP contribution in [0.3, 0.4) is 0 Å². The molecular weight excluding hydrogens is 247 g/mol. The first kappa shape index (κ1) is 20.2. The van der Waals surface area contributed by atoms with Crippen LogP contribution in [0.1, 0.15) is 59.3 Å². The Morgan fingerprint density at radius 3 is 1.44 bits per heavy atom. The Kier molecular flexibility index (Phi) is 13.4. The third-order valence-corrected chi connectivity index (χ3v) is 8.16. The average molecular weight is 278 g/mol. The van der Waals surface area contributed by atoms with Crippen molar-refractivity contribution < 1.29 is 15.4 Å². The normalized spacial score (nSPS) is 11.1. The smallest absolute Gasteiger partial charge is 0.341 e. The van der Waals surface area contributed by atoms with Gasteiger partial charge in [-0.25, -0.2) is 4.79 Å². The zero-order valence-electron chi connectivity index (χ0n) is 12.3. The minimum atomic E-state index is -1.20. The molecule has 110 valence electrons. The van der Waals surface area contributed by atoms with Gasteiger partial charge < -0.3 is 10.6 Å². The third kappa shape index (κ3) is 8.88. The zero-order chi connectivity index (χ0) is 13.1. The Hall–Kier alpha value is -0.140. The number of carboxylic acids is 1. The summed E-state index contributed by atoms with van der Waals surface area (Å²) in [7, 11) is -1.20. The van der Waals surface area contributed by atoms with Crippen LogP contribution in [0, 0.1) is 0 Å². The Bertz CT molecular complexity index is 185. The summed E-state index contributed by atoms with van der Waals surface area (Å²) < 4.78 is 0. The van der Waals surface area contributed by atoms with E-state index in [9.17, 15) is 9.90 Å². The molecule has 0 saturated carbocycles. The predicted molar refractivity (Wildman–Crippen MR) is 80.7 cm³/mol. The van der Waals surface area contributed by atoms with Crippen LogP contribution in [0.25, 0.3) is 0 Å². The van der Waals surface area contributed by atoms with E-state index in [1.807, 2.05) is 0 Å². The highest BCUT2D eigenvalue weighted by molar-refractivity contribution is 7.76. The van der Waals surface area contributed by atoms with Crippen molar-refractivity contribution in [2.75, 3.05) is 24.6 Å². The molecule has 0 aliphatic rings. The summed E-state index contributed by atoms with van der Waals surface area (Å²) in [5.41, 5.74) is 0. The van der Waals surface area contributed by atoms with E-state index in [0.29, 0.717) is 6.16 Å². The van der Waals surface area contributed by atoms with Gasteiger partial charge in [-0.15, -0.1) is 0 Å². The van der Waals surface area contributed by atoms with E-state index in [4.69, 9.17) is 0 Å². The van der Waals surface area contributed by atoms with Crippen LogP contribution in [0.4, 0.5) is 0 Å². The quantitative estimate of drug-likeness (QED) is 0.572. The molecule has 0 rings (SSSR count). The van der Waals surface area contributed by atoms with E-state index < -0.39 is 13.2 Å². The van der Waals surface area contributed by atoms with Gasteiger partial charge in [-0.1, -0.05) is 40.0 Å². The van der Waals surface area contributed by atoms with Gasteiger partial charge in [0.25, 0.3) is 0 Å². The maximum Gasteiger partial charge on any atom is 0.341 e. The molecule has 0 fully saturated rings. The van der Waals surface area contributed by atoms with Crippen molar-refractivity contribution in [3.8, 4) is 0 Å².